The maximum Gasteiger partial charge on any atom is 0.179 e. The molecular weight excluding hydrogens is 216 g/mol. The van der Waals surface area contributed by atoms with Crippen molar-refractivity contribution in [2.24, 2.45) is 0 Å². The molecular formula is C12H16N4O. The van der Waals surface area contributed by atoms with Gasteiger partial charge in [0.05, 0.1) is 5.52 Å². The molecule has 1 saturated heterocycles. The fourth-order valence-electron chi connectivity index (χ4n) is 2.16. The molecule has 0 bridgehead atoms. The van der Waals surface area contributed by atoms with Gasteiger partial charge in [0.2, 0.25) is 0 Å². The maximum atomic E-state index is 5.71. The van der Waals surface area contributed by atoms with Crippen molar-refractivity contribution < 1.29 is 4.74 Å². The molecule has 0 aromatic carbocycles. The number of anilines is 1. The lowest BCUT2D eigenvalue weighted by atomic mass is 10.1. The SMILES string of the molecule is CNc1ccc2[nH]c(C3CCCCO3)nc2n1. The first-order chi connectivity index (χ1) is 8.36. The molecule has 5 nitrogen and oxygen atoms in total. The van der Waals surface area contributed by atoms with Gasteiger partial charge in [0, 0.05) is 13.7 Å². The molecule has 1 fully saturated rings. The highest BCUT2D eigenvalue weighted by molar-refractivity contribution is 5.72. The summed E-state index contributed by atoms with van der Waals surface area (Å²) in [6.07, 6.45) is 3.50. The summed E-state index contributed by atoms with van der Waals surface area (Å²) in [5.41, 5.74) is 1.72. The molecule has 3 heterocycles. The number of aromatic amines is 1. The zero-order chi connectivity index (χ0) is 11.7. The van der Waals surface area contributed by atoms with Crippen LogP contribution in [0, 0.1) is 0 Å². The van der Waals surface area contributed by atoms with E-state index in [9.17, 15) is 0 Å². The number of rotatable bonds is 2. The minimum absolute atomic E-state index is 0.107. The van der Waals surface area contributed by atoms with Gasteiger partial charge in [-0.25, -0.2) is 9.97 Å². The molecule has 2 N–H and O–H groups in total. The van der Waals surface area contributed by atoms with Crippen LogP contribution in [0.1, 0.15) is 31.2 Å². The highest BCUT2D eigenvalue weighted by atomic mass is 16.5. The molecule has 90 valence electrons. The van der Waals surface area contributed by atoms with Crippen molar-refractivity contribution in [3.8, 4) is 0 Å². The van der Waals surface area contributed by atoms with Crippen LogP contribution < -0.4 is 5.32 Å². The smallest absolute Gasteiger partial charge is 0.179 e. The fourth-order valence-corrected chi connectivity index (χ4v) is 2.16. The normalized spacial score (nSPS) is 20.6. The summed E-state index contributed by atoms with van der Waals surface area (Å²) in [5, 5.41) is 3.01. The number of aromatic nitrogens is 3. The van der Waals surface area contributed by atoms with Crippen LogP contribution in [0.3, 0.4) is 0 Å². The molecule has 3 rings (SSSR count). The summed E-state index contributed by atoms with van der Waals surface area (Å²) in [6.45, 7) is 0.830. The van der Waals surface area contributed by atoms with E-state index in [1.165, 1.54) is 6.42 Å². The predicted octanol–water partition coefficient (Wildman–Crippen LogP) is 2.24. The third-order valence-electron chi connectivity index (χ3n) is 3.11. The number of H-pyrrole nitrogens is 1. The second-order valence-corrected chi connectivity index (χ2v) is 4.29. The van der Waals surface area contributed by atoms with Gasteiger partial charge in [-0.2, -0.15) is 0 Å². The van der Waals surface area contributed by atoms with Gasteiger partial charge in [-0.1, -0.05) is 0 Å². The summed E-state index contributed by atoms with van der Waals surface area (Å²) in [5.74, 6) is 1.74. The topological polar surface area (TPSA) is 62.8 Å². The van der Waals surface area contributed by atoms with Gasteiger partial charge in [-0.05, 0) is 31.4 Å². The van der Waals surface area contributed by atoms with Gasteiger partial charge in [0.25, 0.3) is 0 Å². The summed E-state index contributed by atoms with van der Waals surface area (Å²) in [7, 11) is 1.85. The molecule has 0 spiro atoms. The van der Waals surface area contributed by atoms with Gasteiger partial charge < -0.3 is 15.0 Å². The van der Waals surface area contributed by atoms with Gasteiger partial charge in [0.15, 0.2) is 5.65 Å². The Hall–Kier alpha value is -1.62. The van der Waals surface area contributed by atoms with Gasteiger partial charge in [-0.15, -0.1) is 0 Å². The Balaban J connectivity index is 1.95. The first-order valence-electron chi connectivity index (χ1n) is 6.03. The van der Waals surface area contributed by atoms with Crippen LogP contribution in [0.5, 0.6) is 0 Å². The third kappa shape index (κ3) is 1.98. The lowest BCUT2D eigenvalue weighted by Gasteiger charge is -2.20. The predicted molar refractivity (Wildman–Crippen MR) is 66.0 cm³/mol. The first-order valence-corrected chi connectivity index (χ1v) is 6.03. The number of ether oxygens (including phenoxy) is 1. The Labute approximate surface area is 99.6 Å². The fraction of sp³-hybridized carbons (Fsp3) is 0.500. The highest BCUT2D eigenvalue weighted by Gasteiger charge is 2.19. The summed E-state index contributed by atoms with van der Waals surface area (Å²) in [6, 6.07) is 3.93. The number of hydrogen-bond acceptors (Lipinski definition) is 4. The molecule has 1 aliphatic heterocycles. The van der Waals surface area contributed by atoms with Crippen LogP contribution in [0.2, 0.25) is 0 Å². The Morgan fingerprint density at radius 1 is 1.35 bits per heavy atom. The number of hydrogen-bond donors (Lipinski definition) is 2. The van der Waals surface area contributed by atoms with E-state index in [0.29, 0.717) is 0 Å². The Bertz CT molecular complexity index is 516. The number of pyridine rings is 1. The third-order valence-corrected chi connectivity index (χ3v) is 3.11. The van der Waals surface area contributed by atoms with E-state index in [1.807, 2.05) is 19.2 Å². The number of imidazole rings is 1. The van der Waals surface area contributed by atoms with E-state index in [0.717, 1.165) is 42.3 Å². The van der Waals surface area contributed by atoms with Crippen LogP contribution in [0.25, 0.3) is 11.2 Å². The lowest BCUT2D eigenvalue weighted by molar-refractivity contribution is 0.0101. The molecule has 5 heteroatoms. The molecule has 0 amide bonds. The van der Waals surface area contributed by atoms with Crippen molar-refractivity contribution in [1.29, 1.82) is 0 Å². The standard InChI is InChI=1S/C12H16N4O/c1-13-10-6-5-8-11(15-10)16-12(14-8)9-4-2-3-7-17-9/h5-6,9H,2-4,7H2,1H3,(H2,13,14,15,16). The van der Waals surface area contributed by atoms with E-state index in [4.69, 9.17) is 4.74 Å². The average Bonchev–Trinajstić information content (AvgIpc) is 2.82. The zero-order valence-electron chi connectivity index (χ0n) is 9.86. The largest absolute Gasteiger partial charge is 0.373 e. The Kier molecular flexibility index (Phi) is 2.68. The van der Waals surface area contributed by atoms with Crippen LogP contribution in [0.4, 0.5) is 5.82 Å². The van der Waals surface area contributed by atoms with E-state index in [1.54, 1.807) is 0 Å². The van der Waals surface area contributed by atoms with Crippen molar-refractivity contribution in [2.75, 3.05) is 19.0 Å². The van der Waals surface area contributed by atoms with Crippen LogP contribution >= 0.6 is 0 Å². The molecule has 0 radical (unpaired) electrons. The minimum Gasteiger partial charge on any atom is -0.373 e. The maximum absolute atomic E-state index is 5.71. The van der Waals surface area contributed by atoms with Crippen LogP contribution in [0.15, 0.2) is 12.1 Å². The molecule has 2 aromatic heterocycles. The van der Waals surface area contributed by atoms with Crippen molar-refractivity contribution in [3.05, 3.63) is 18.0 Å². The van der Waals surface area contributed by atoms with Crippen LogP contribution in [-0.4, -0.2) is 28.6 Å². The van der Waals surface area contributed by atoms with Crippen molar-refractivity contribution >= 4 is 17.0 Å². The van der Waals surface area contributed by atoms with Crippen molar-refractivity contribution in [2.45, 2.75) is 25.4 Å². The molecule has 1 atom stereocenters. The molecule has 0 saturated carbocycles. The molecule has 1 aliphatic rings. The van der Waals surface area contributed by atoms with Crippen molar-refractivity contribution in [3.63, 3.8) is 0 Å². The van der Waals surface area contributed by atoms with E-state index >= 15 is 0 Å². The lowest BCUT2D eigenvalue weighted by Crippen LogP contribution is -2.12. The molecule has 1 unspecified atom stereocenters. The zero-order valence-corrected chi connectivity index (χ0v) is 9.86. The Morgan fingerprint density at radius 2 is 2.29 bits per heavy atom. The van der Waals surface area contributed by atoms with Gasteiger partial charge in [0.1, 0.15) is 17.7 Å². The van der Waals surface area contributed by atoms with Crippen LogP contribution in [-0.2, 0) is 4.74 Å². The summed E-state index contributed by atoms with van der Waals surface area (Å²) >= 11 is 0. The number of nitrogens with zero attached hydrogens (tertiary/aromatic N) is 2. The molecule has 17 heavy (non-hydrogen) atoms. The van der Waals surface area contributed by atoms with Gasteiger partial charge >= 0.3 is 0 Å². The summed E-state index contributed by atoms with van der Waals surface area (Å²) < 4.78 is 5.71. The monoisotopic (exact) mass is 232 g/mol. The van der Waals surface area contributed by atoms with E-state index < -0.39 is 0 Å². The summed E-state index contributed by atoms with van der Waals surface area (Å²) in [4.78, 5) is 12.2. The molecule has 0 aliphatic carbocycles. The average molecular weight is 232 g/mol. The second kappa shape index (κ2) is 4.33. The number of nitrogens with one attached hydrogen (secondary N) is 2. The second-order valence-electron chi connectivity index (χ2n) is 4.29. The number of fused-ring (bicyclic) bond motifs is 1. The molecule has 2 aromatic rings. The van der Waals surface area contributed by atoms with Crippen molar-refractivity contribution in [1.82, 2.24) is 15.0 Å². The Morgan fingerprint density at radius 3 is 3.06 bits per heavy atom. The minimum atomic E-state index is 0.107. The highest BCUT2D eigenvalue weighted by Crippen LogP contribution is 2.27. The van der Waals surface area contributed by atoms with E-state index in [2.05, 4.69) is 20.3 Å². The first kappa shape index (κ1) is 10.5. The quantitative estimate of drug-likeness (QED) is 0.833. The van der Waals surface area contributed by atoms with Gasteiger partial charge in [-0.3, -0.25) is 0 Å². The van der Waals surface area contributed by atoms with E-state index in [-0.39, 0.29) is 6.10 Å².